The van der Waals surface area contributed by atoms with Crippen molar-refractivity contribution in [2.75, 3.05) is 27.4 Å². The lowest BCUT2D eigenvalue weighted by atomic mass is 10.0. The molecule has 42 heavy (non-hydrogen) atoms. The zero-order valence-corrected chi connectivity index (χ0v) is 23.9. The maximum atomic E-state index is 12.7. The number of ether oxygens (including phenoxy) is 4. The van der Waals surface area contributed by atoms with E-state index in [1.165, 1.54) is 53.0 Å². The van der Waals surface area contributed by atoms with Crippen molar-refractivity contribution in [3.63, 3.8) is 0 Å². The van der Waals surface area contributed by atoms with Gasteiger partial charge >= 0.3 is 11.9 Å². The normalized spacial score (nSPS) is 10.9. The van der Waals surface area contributed by atoms with Crippen LogP contribution in [0.4, 0.5) is 0 Å². The molecule has 5 aromatic rings. The summed E-state index contributed by atoms with van der Waals surface area (Å²) in [4.78, 5) is 25.4. The molecule has 0 unspecified atom stereocenters. The Kier molecular flexibility index (Phi) is 9.34. The van der Waals surface area contributed by atoms with Gasteiger partial charge in [-0.1, -0.05) is 84.9 Å². The molecule has 0 aromatic heterocycles. The highest BCUT2D eigenvalue weighted by molar-refractivity contribution is 6.05. The Morgan fingerprint density at radius 2 is 1.10 bits per heavy atom. The summed E-state index contributed by atoms with van der Waals surface area (Å²) in [5, 5.41) is 4.81. The maximum absolute atomic E-state index is 12.7. The summed E-state index contributed by atoms with van der Waals surface area (Å²) in [6, 6.07) is 32.5. The lowest BCUT2D eigenvalue weighted by Gasteiger charge is -2.16. The third kappa shape index (κ3) is 6.89. The van der Waals surface area contributed by atoms with Crippen LogP contribution in [0.1, 0.15) is 44.7 Å². The third-order valence-electron chi connectivity index (χ3n) is 7.24. The summed E-state index contributed by atoms with van der Waals surface area (Å²) < 4.78 is 22.0. The van der Waals surface area contributed by atoms with Crippen molar-refractivity contribution in [3.05, 3.63) is 119 Å². The summed E-state index contributed by atoms with van der Waals surface area (Å²) in [5.74, 6) is -0.695. The standard InChI is InChI=1S/C36H34O6/c1-39-35(37)32-23-31(41-19-7-9-25-15-17-27-11-3-5-13-29(27)21-25)24-33(34(32)36(38)40-2)42-20-8-10-26-16-18-28-12-4-6-14-30(28)22-26/h3-6,11-18,21-24H,7-10,19-20H2,1-2H3. The molecule has 0 bridgehead atoms. The van der Waals surface area contributed by atoms with Gasteiger partial charge in [0.25, 0.3) is 0 Å². The maximum Gasteiger partial charge on any atom is 0.342 e. The molecular formula is C36H34O6. The minimum atomic E-state index is -0.678. The first-order valence-electron chi connectivity index (χ1n) is 14.1. The number of esters is 2. The zero-order valence-electron chi connectivity index (χ0n) is 23.9. The van der Waals surface area contributed by atoms with Crippen LogP contribution in [0.25, 0.3) is 21.5 Å². The van der Waals surface area contributed by atoms with E-state index in [1.807, 2.05) is 24.3 Å². The van der Waals surface area contributed by atoms with E-state index >= 15 is 0 Å². The Morgan fingerprint density at radius 1 is 0.571 bits per heavy atom. The van der Waals surface area contributed by atoms with Crippen molar-refractivity contribution in [2.45, 2.75) is 25.7 Å². The van der Waals surface area contributed by atoms with E-state index in [-0.39, 0.29) is 16.9 Å². The molecule has 0 radical (unpaired) electrons. The van der Waals surface area contributed by atoms with Crippen molar-refractivity contribution < 1.29 is 28.5 Å². The van der Waals surface area contributed by atoms with Gasteiger partial charge in [0.1, 0.15) is 17.1 Å². The molecule has 0 atom stereocenters. The number of carbonyl (C=O) groups is 2. The number of aryl methyl sites for hydroxylation is 2. The molecule has 0 aliphatic carbocycles. The lowest BCUT2D eigenvalue weighted by Crippen LogP contribution is -2.15. The number of fused-ring (bicyclic) bond motifs is 2. The molecule has 0 spiro atoms. The summed E-state index contributed by atoms with van der Waals surface area (Å²) in [6.45, 7) is 0.759. The number of methoxy groups -OCH3 is 2. The first-order chi connectivity index (χ1) is 20.6. The van der Waals surface area contributed by atoms with Crippen molar-refractivity contribution in [1.82, 2.24) is 0 Å². The quantitative estimate of drug-likeness (QED) is 0.115. The molecule has 5 rings (SSSR count). The molecule has 6 nitrogen and oxygen atoms in total. The molecule has 0 N–H and O–H groups in total. The SMILES string of the molecule is COC(=O)c1cc(OCCCc2ccc3ccccc3c2)cc(OCCCc2ccc3ccccc3c2)c1C(=O)OC. The van der Waals surface area contributed by atoms with Crippen molar-refractivity contribution in [1.29, 1.82) is 0 Å². The number of rotatable bonds is 12. The third-order valence-corrected chi connectivity index (χ3v) is 7.24. The van der Waals surface area contributed by atoms with Gasteiger partial charge in [-0.25, -0.2) is 9.59 Å². The van der Waals surface area contributed by atoms with Gasteiger partial charge in [0.2, 0.25) is 0 Å². The van der Waals surface area contributed by atoms with E-state index in [0.29, 0.717) is 25.4 Å². The second kappa shape index (κ2) is 13.7. The number of benzene rings is 5. The second-order valence-electron chi connectivity index (χ2n) is 10.1. The fourth-order valence-corrected chi connectivity index (χ4v) is 5.08. The molecule has 0 fully saturated rings. The van der Waals surface area contributed by atoms with Crippen LogP contribution in [-0.4, -0.2) is 39.4 Å². The van der Waals surface area contributed by atoms with E-state index in [4.69, 9.17) is 18.9 Å². The smallest absolute Gasteiger partial charge is 0.342 e. The summed E-state index contributed by atoms with van der Waals surface area (Å²) >= 11 is 0. The van der Waals surface area contributed by atoms with E-state index < -0.39 is 11.9 Å². The summed E-state index contributed by atoms with van der Waals surface area (Å²) in [7, 11) is 2.54. The Morgan fingerprint density at radius 3 is 1.64 bits per heavy atom. The average Bonchev–Trinajstić information content (AvgIpc) is 3.04. The zero-order chi connectivity index (χ0) is 29.3. The molecule has 6 heteroatoms. The van der Waals surface area contributed by atoms with Gasteiger partial charge in [-0.15, -0.1) is 0 Å². The first-order valence-corrected chi connectivity index (χ1v) is 14.1. The van der Waals surface area contributed by atoms with Crippen LogP contribution >= 0.6 is 0 Å². The molecule has 214 valence electrons. The molecule has 0 saturated heterocycles. The number of hydrogen-bond acceptors (Lipinski definition) is 6. The topological polar surface area (TPSA) is 71.1 Å². The molecule has 0 saturated carbocycles. The summed E-state index contributed by atoms with van der Waals surface area (Å²) in [6.07, 6.45) is 3.12. The van der Waals surface area contributed by atoms with Crippen molar-refractivity contribution in [3.8, 4) is 11.5 Å². The minimum Gasteiger partial charge on any atom is -0.493 e. The fourth-order valence-electron chi connectivity index (χ4n) is 5.08. The van der Waals surface area contributed by atoms with Crippen LogP contribution in [0, 0.1) is 0 Å². The van der Waals surface area contributed by atoms with Gasteiger partial charge < -0.3 is 18.9 Å². The predicted octanol–water partition coefficient (Wildman–Crippen LogP) is 7.59. The van der Waals surface area contributed by atoms with Gasteiger partial charge in [0.15, 0.2) is 0 Å². The van der Waals surface area contributed by atoms with Crippen LogP contribution in [0.15, 0.2) is 97.1 Å². The molecule has 0 aliphatic heterocycles. The Hall–Kier alpha value is -4.84. The molecule has 0 heterocycles. The Bertz CT molecular complexity index is 1710. The largest absolute Gasteiger partial charge is 0.493 e. The van der Waals surface area contributed by atoms with E-state index in [1.54, 1.807) is 6.07 Å². The van der Waals surface area contributed by atoms with Crippen LogP contribution in [0.5, 0.6) is 11.5 Å². The van der Waals surface area contributed by atoms with Gasteiger partial charge in [0, 0.05) is 6.07 Å². The first kappa shape index (κ1) is 28.7. The minimum absolute atomic E-state index is 0.0265. The lowest BCUT2D eigenvalue weighted by molar-refractivity contribution is 0.0550. The molecular weight excluding hydrogens is 528 g/mol. The highest BCUT2D eigenvalue weighted by Gasteiger charge is 2.25. The number of carbonyl (C=O) groups excluding carboxylic acids is 2. The van der Waals surface area contributed by atoms with Crippen molar-refractivity contribution in [2.24, 2.45) is 0 Å². The van der Waals surface area contributed by atoms with E-state index in [2.05, 4.69) is 60.7 Å². The highest BCUT2D eigenvalue weighted by Crippen LogP contribution is 2.31. The monoisotopic (exact) mass is 562 g/mol. The van der Waals surface area contributed by atoms with Crippen LogP contribution < -0.4 is 9.47 Å². The van der Waals surface area contributed by atoms with Gasteiger partial charge in [-0.05, 0) is 64.4 Å². The van der Waals surface area contributed by atoms with Crippen LogP contribution in [0.2, 0.25) is 0 Å². The van der Waals surface area contributed by atoms with E-state index in [0.717, 1.165) is 19.3 Å². The van der Waals surface area contributed by atoms with Crippen molar-refractivity contribution >= 4 is 33.5 Å². The Labute approximate surface area is 245 Å². The fraction of sp³-hybridized carbons (Fsp3) is 0.222. The van der Waals surface area contributed by atoms with Crippen LogP contribution in [-0.2, 0) is 22.3 Å². The van der Waals surface area contributed by atoms with Gasteiger partial charge in [-0.2, -0.15) is 0 Å². The molecule has 0 amide bonds. The van der Waals surface area contributed by atoms with E-state index in [9.17, 15) is 9.59 Å². The van der Waals surface area contributed by atoms with Gasteiger partial charge in [0.05, 0.1) is 33.0 Å². The summed E-state index contributed by atoms with van der Waals surface area (Å²) in [5.41, 5.74) is 2.49. The average molecular weight is 563 g/mol. The highest BCUT2D eigenvalue weighted by atomic mass is 16.5. The van der Waals surface area contributed by atoms with Crippen LogP contribution in [0.3, 0.4) is 0 Å². The molecule has 5 aromatic carbocycles. The second-order valence-corrected chi connectivity index (χ2v) is 10.1. The predicted molar refractivity (Wildman–Crippen MR) is 165 cm³/mol. The number of hydrogen-bond donors (Lipinski definition) is 0. The molecule has 0 aliphatic rings. The van der Waals surface area contributed by atoms with Gasteiger partial charge in [-0.3, -0.25) is 0 Å². The Balaban J connectivity index is 1.26.